The first kappa shape index (κ1) is 34.1. The van der Waals surface area contributed by atoms with Crippen LogP contribution in [0.3, 0.4) is 0 Å². The second-order valence-electron chi connectivity index (χ2n) is 11.4. The van der Waals surface area contributed by atoms with Crippen LogP contribution in [0, 0.1) is 27.7 Å². The summed E-state index contributed by atoms with van der Waals surface area (Å²) < 4.78 is 41.2. The normalized spacial score (nSPS) is 11.6. The minimum atomic E-state index is -3.97. The fourth-order valence-corrected chi connectivity index (χ4v) is 8.17. The molecule has 3 aromatic heterocycles. The van der Waals surface area contributed by atoms with E-state index in [1.165, 1.54) is 11.3 Å². The third-order valence-electron chi connectivity index (χ3n) is 8.06. The average molecular weight is 672 g/mol. The number of benzene rings is 2. The summed E-state index contributed by atoms with van der Waals surface area (Å²) in [6.45, 7) is 17.0. The van der Waals surface area contributed by atoms with Crippen molar-refractivity contribution in [3.63, 3.8) is 0 Å². The second-order valence-corrected chi connectivity index (χ2v) is 14.6. The highest BCUT2D eigenvalue weighted by atomic mass is 32.2. The Balaban J connectivity index is 1.52. The van der Waals surface area contributed by atoms with Crippen LogP contribution in [-0.2, 0) is 34.3 Å². The minimum absolute atomic E-state index is 0.180. The van der Waals surface area contributed by atoms with Crippen LogP contribution < -0.4 is 15.6 Å². The molecule has 2 aromatic carbocycles. The van der Waals surface area contributed by atoms with Gasteiger partial charge in [-0.2, -0.15) is 0 Å². The molecule has 0 unspecified atom stereocenters. The molecular formula is C36H41N5O4S2. The highest BCUT2D eigenvalue weighted by Crippen LogP contribution is 2.39. The van der Waals surface area contributed by atoms with Crippen LogP contribution in [0.4, 0.5) is 11.5 Å². The first-order chi connectivity index (χ1) is 22.4. The molecule has 9 nitrogen and oxygen atoms in total. The molecule has 0 fully saturated rings. The fraction of sp³-hybridized carbons (Fsp3) is 0.278. The molecule has 47 heavy (non-hydrogen) atoms. The lowest BCUT2D eigenvalue weighted by Crippen LogP contribution is -2.31. The zero-order chi connectivity index (χ0) is 33.9. The molecule has 3 heterocycles. The number of aromatic nitrogens is 2. The van der Waals surface area contributed by atoms with E-state index >= 15 is 0 Å². The lowest BCUT2D eigenvalue weighted by Gasteiger charge is -2.25. The van der Waals surface area contributed by atoms with Gasteiger partial charge in [0.15, 0.2) is 5.82 Å². The summed E-state index contributed by atoms with van der Waals surface area (Å²) in [5.41, 5.74) is 9.20. The van der Waals surface area contributed by atoms with Gasteiger partial charge in [-0.1, -0.05) is 67.2 Å². The van der Waals surface area contributed by atoms with Crippen LogP contribution in [0.15, 0.2) is 76.0 Å². The summed E-state index contributed by atoms with van der Waals surface area (Å²) in [4.78, 5) is 5.68. The van der Waals surface area contributed by atoms with Gasteiger partial charge in [-0.25, -0.2) is 14.3 Å². The Bertz CT molecular complexity index is 2020. The Morgan fingerprint density at radius 3 is 2.45 bits per heavy atom. The largest absolute Gasteiger partial charge is 0.377 e. The van der Waals surface area contributed by atoms with E-state index in [-0.39, 0.29) is 10.0 Å². The van der Waals surface area contributed by atoms with Crippen molar-refractivity contribution in [3.8, 4) is 11.1 Å². The SMILES string of the molecule is C=C(c1ccccc1)c1c(N(N)Cc2ccc(-c3cc(C)sc3S(=O)(=O)Nc3noc(C)c3C)c(COCC)c2)cc(CC)nc1C. The predicted octanol–water partition coefficient (Wildman–Crippen LogP) is 7.87. The van der Waals surface area contributed by atoms with E-state index < -0.39 is 10.0 Å². The summed E-state index contributed by atoms with van der Waals surface area (Å²) in [5, 5.41) is 5.63. The summed E-state index contributed by atoms with van der Waals surface area (Å²) in [6.07, 6.45) is 0.767. The van der Waals surface area contributed by atoms with Gasteiger partial charge in [-0.3, -0.25) is 9.71 Å². The number of hydrogen-bond donors (Lipinski definition) is 2. The van der Waals surface area contributed by atoms with E-state index in [2.05, 4.69) is 23.4 Å². The van der Waals surface area contributed by atoms with E-state index in [0.29, 0.717) is 36.6 Å². The molecule has 0 aliphatic carbocycles. The summed E-state index contributed by atoms with van der Waals surface area (Å²) in [6, 6.07) is 19.9. The van der Waals surface area contributed by atoms with Crippen LogP contribution in [0.2, 0.25) is 0 Å². The Kier molecular flexibility index (Phi) is 10.3. The molecule has 0 amide bonds. The topological polar surface area (TPSA) is 124 Å². The zero-order valence-electron chi connectivity index (χ0n) is 27.7. The number of rotatable bonds is 13. The van der Waals surface area contributed by atoms with Gasteiger partial charge in [-0.05, 0) is 81.0 Å². The smallest absolute Gasteiger partial charge is 0.273 e. The molecule has 0 radical (unpaired) electrons. The van der Waals surface area contributed by atoms with E-state index in [1.807, 2.05) is 81.4 Å². The third kappa shape index (κ3) is 7.33. The van der Waals surface area contributed by atoms with Crippen molar-refractivity contribution < 1.29 is 17.7 Å². The maximum Gasteiger partial charge on any atom is 0.273 e. The first-order valence-corrected chi connectivity index (χ1v) is 17.8. The van der Waals surface area contributed by atoms with Crippen molar-refractivity contribution in [3.05, 3.63) is 117 Å². The molecule has 0 spiro atoms. The molecule has 0 saturated carbocycles. The van der Waals surface area contributed by atoms with Crippen molar-refractivity contribution in [1.29, 1.82) is 0 Å². The minimum Gasteiger partial charge on any atom is -0.377 e. The van der Waals surface area contributed by atoms with Gasteiger partial charge < -0.3 is 14.3 Å². The molecule has 0 atom stereocenters. The summed E-state index contributed by atoms with van der Waals surface area (Å²) in [5.74, 6) is 7.57. The van der Waals surface area contributed by atoms with Gasteiger partial charge in [0.05, 0.1) is 18.8 Å². The monoisotopic (exact) mass is 671 g/mol. The van der Waals surface area contributed by atoms with E-state index in [4.69, 9.17) is 20.1 Å². The molecular weight excluding hydrogens is 631 g/mol. The number of hydrogen-bond acceptors (Lipinski definition) is 9. The molecule has 3 N–H and O–H groups in total. The van der Waals surface area contributed by atoms with Crippen molar-refractivity contribution in [1.82, 2.24) is 10.1 Å². The van der Waals surface area contributed by atoms with Crippen molar-refractivity contribution in [2.75, 3.05) is 16.3 Å². The average Bonchev–Trinajstić information content (AvgIpc) is 3.60. The quantitative estimate of drug-likeness (QED) is 0.0958. The van der Waals surface area contributed by atoms with Crippen LogP contribution >= 0.6 is 11.3 Å². The van der Waals surface area contributed by atoms with E-state index in [0.717, 1.165) is 61.8 Å². The molecule has 0 bridgehead atoms. The lowest BCUT2D eigenvalue weighted by molar-refractivity contribution is 0.134. The number of aryl methyl sites for hydroxylation is 4. The van der Waals surface area contributed by atoms with Gasteiger partial charge in [0, 0.05) is 39.6 Å². The molecule has 0 aliphatic rings. The molecule has 5 rings (SSSR count). The van der Waals surface area contributed by atoms with Gasteiger partial charge >= 0.3 is 0 Å². The number of nitrogens with zero attached hydrogens (tertiary/aromatic N) is 3. The van der Waals surface area contributed by atoms with Crippen molar-refractivity contribution in [2.45, 2.75) is 65.3 Å². The second kappa shape index (κ2) is 14.2. The molecule has 5 aromatic rings. The number of hydrazine groups is 1. The van der Waals surface area contributed by atoms with Crippen LogP contribution in [0.1, 0.15) is 63.7 Å². The predicted molar refractivity (Wildman–Crippen MR) is 190 cm³/mol. The van der Waals surface area contributed by atoms with Gasteiger partial charge in [0.25, 0.3) is 10.0 Å². The molecule has 0 aliphatic heterocycles. The van der Waals surface area contributed by atoms with Crippen LogP contribution in [0.5, 0.6) is 0 Å². The number of thiophene rings is 1. The van der Waals surface area contributed by atoms with Crippen LogP contribution in [-0.4, -0.2) is 25.2 Å². The number of ether oxygens (including phenoxy) is 1. The van der Waals surface area contributed by atoms with Gasteiger partial charge in [0.1, 0.15) is 9.97 Å². The summed E-state index contributed by atoms with van der Waals surface area (Å²) >= 11 is 1.21. The maximum atomic E-state index is 13.7. The van der Waals surface area contributed by atoms with Crippen LogP contribution in [0.25, 0.3) is 16.7 Å². The standard InChI is InChI=1S/C36H41N5O4S2/c1-8-30-19-33(34(25(6)38-30)24(5)28-13-11-10-12-14-28)41(37)20-27-15-16-31(29(18-27)21-44-9-2)32-17-22(3)46-36(32)47(42,43)40-35-23(4)26(7)45-39-35/h10-19H,5,8-9,20-21,37H2,1-4,6-7H3,(H,39,40). The third-order valence-corrected chi connectivity index (χ3v) is 11.0. The Morgan fingerprint density at radius 1 is 1.04 bits per heavy atom. The zero-order valence-corrected chi connectivity index (χ0v) is 29.3. The maximum absolute atomic E-state index is 13.7. The number of pyridine rings is 1. The number of sulfonamides is 1. The fourth-order valence-electron chi connectivity index (χ4n) is 5.47. The number of nitrogens with one attached hydrogen (secondary N) is 1. The highest BCUT2D eigenvalue weighted by molar-refractivity contribution is 7.94. The molecule has 0 saturated heterocycles. The Labute approximate surface area is 281 Å². The van der Waals surface area contributed by atoms with Gasteiger partial charge in [-0.15, -0.1) is 11.3 Å². The summed E-state index contributed by atoms with van der Waals surface area (Å²) in [7, 11) is -3.97. The van der Waals surface area contributed by atoms with E-state index in [9.17, 15) is 8.42 Å². The lowest BCUT2D eigenvalue weighted by atomic mass is 9.95. The Morgan fingerprint density at radius 2 is 1.79 bits per heavy atom. The molecule has 11 heteroatoms. The highest BCUT2D eigenvalue weighted by Gasteiger charge is 2.27. The number of nitrogens with two attached hydrogens (primary N) is 1. The van der Waals surface area contributed by atoms with Crippen molar-refractivity contribution in [2.24, 2.45) is 5.84 Å². The molecule has 246 valence electrons. The Hall–Kier alpha value is -4.29. The van der Waals surface area contributed by atoms with E-state index in [1.54, 1.807) is 18.9 Å². The van der Waals surface area contributed by atoms with Crippen molar-refractivity contribution >= 4 is 38.4 Å². The van der Waals surface area contributed by atoms with Gasteiger partial charge in [0.2, 0.25) is 0 Å². The number of anilines is 2. The first-order valence-electron chi connectivity index (χ1n) is 15.5.